The largest absolute Gasteiger partial charge is 0.549 e. The van der Waals surface area contributed by atoms with Crippen LogP contribution in [0.2, 0.25) is 19.6 Å². The Kier molecular flexibility index (Phi) is 9.29. The highest BCUT2D eigenvalue weighted by Crippen LogP contribution is 2.57. The highest BCUT2D eigenvalue weighted by molar-refractivity contribution is 7.58. The van der Waals surface area contributed by atoms with Gasteiger partial charge in [0.05, 0.1) is 24.8 Å². The minimum absolute atomic E-state index is 0.336. The second-order valence-electron chi connectivity index (χ2n) is 4.96. The van der Waals surface area contributed by atoms with Crippen molar-refractivity contribution in [3.05, 3.63) is 11.6 Å². The third-order valence-electron chi connectivity index (χ3n) is 2.06. The molecular formula is C12H26ClO4PSi. The molecular weight excluding hydrogens is 303 g/mol. The van der Waals surface area contributed by atoms with Crippen LogP contribution in [0.5, 0.6) is 0 Å². The lowest BCUT2D eigenvalue weighted by molar-refractivity contribution is 0.224. The second-order valence-corrected chi connectivity index (χ2v) is 11.9. The Hall–Kier alpha value is 0.197. The Morgan fingerprint density at radius 2 is 1.74 bits per heavy atom. The number of rotatable bonds is 10. The van der Waals surface area contributed by atoms with E-state index in [9.17, 15) is 4.57 Å². The molecule has 0 bridgehead atoms. The average Bonchev–Trinajstić information content (AvgIpc) is 2.28. The molecule has 4 nitrogen and oxygen atoms in total. The summed E-state index contributed by atoms with van der Waals surface area (Å²) in [5.41, 5.74) is 0. The van der Waals surface area contributed by atoms with E-state index in [1.807, 2.05) is 0 Å². The minimum atomic E-state index is -3.25. The van der Waals surface area contributed by atoms with Crippen molar-refractivity contribution in [3.8, 4) is 0 Å². The van der Waals surface area contributed by atoms with Gasteiger partial charge in [-0.25, -0.2) is 0 Å². The summed E-state index contributed by atoms with van der Waals surface area (Å²) < 4.78 is 29.1. The van der Waals surface area contributed by atoms with Gasteiger partial charge in [-0.2, -0.15) is 0 Å². The van der Waals surface area contributed by atoms with Gasteiger partial charge < -0.3 is 13.5 Å². The molecule has 0 atom stereocenters. The Labute approximate surface area is 123 Å². The second kappa shape index (κ2) is 9.19. The summed E-state index contributed by atoms with van der Waals surface area (Å²) >= 11 is 5.71. The summed E-state index contributed by atoms with van der Waals surface area (Å²) in [7, 11) is -4.97. The standard InChI is InChI=1S/C12H26ClO4PSi/c1-6-15-18(14,16-7-2)12(9-8-10-13)11-17-19(3,4)5/h11H,6-10H2,1-5H3/b12-11+. The highest BCUT2D eigenvalue weighted by Gasteiger charge is 2.30. The maximum atomic E-state index is 12.7. The van der Waals surface area contributed by atoms with Gasteiger partial charge in [-0.3, -0.25) is 4.57 Å². The van der Waals surface area contributed by atoms with Crippen molar-refractivity contribution in [1.82, 2.24) is 0 Å². The van der Waals surface area contributed by atoms with Crippen molar-refractivity contribution in [2.24, 2.45) is 0 Å². The third-order valence-corrected chi connectivity index (χ3v) is 5.39. The quantitative estimate of drug-likeness (QED) is 0.246. The van der Waals surface area contributed by atoms with Crippen LogP contribution in [0.25, 0.3) is 0 Å². The summed E-state index contributed by atoms with van der Waals surface area (Å²) in [5.74, 6) is 0.503. The lowest BCUT2D eigenvalue weighted by Crippen LogP contribution is -2.22. The van der Waals surface area contributed by atoms with Gasteiger partial charge in [0.25, 0.3) is 0 Å². The van der Waals surface area contributed by atoms with Crippen molar-refractivity contribution in [2.45, 2.75) is 46.3 Å². The van der Waals surface area contributed by atoms with Crippen molar-refractivity contribution in [3.63, 3.8) is 0 Å². The molecule has 0 unspecified atom stereocenters. The number of hydrogen-bond acceptors (Lipinski definition) is 4. The van der Waals surface area contributed by atoms with E-state index in [2.05, 4.69) is 19.6 Å². The summed E-state index contributed by atoms with van der Waals surface area (Å²) in [5, 5.41) is 0.583. The molecule has 0 aromatic carbocycles. The maximum absolute atomic E-state index is 12.7. The first kappa shape index (κ1) is 19.2. The van der Waals surface area contributed by atoms with E-state index >= 15 is 0 Å². The highest BCUT2D eigenvalue weighted by atomic mass is 35.5. The number of alkyl halides is 1. The molecule has 0 spiro atoms. The number of hydrogen-bond donors (Lipinski definition) is 0. The molecule has 19 heavy (non-hydrogen) atoms. The zero-order chi connectivity index (χ0) is 14.9. The average molecular weight is 329 g/mol. The molecule has 0 radical (unpaired) electrons. The van der Waals surface area contributed by atoms with Crippen molar-refractivity contribution < 1.29 is 18.0 Å². The van der Waals surface area contributed by atoms with Crippen LogP contribution in [-0.2, 0) is 18.0 Å². The van der Waals surface area contributed by atoms with Crippen molar-refractivity contribution >= 4 is 27.5 Å². The van der Waals surface area contributed by atoms with Gasteiger partial charge in [-0.1, -0.05) is 0 Å². The fourth-order valence-corrected chi connectivity index (χ4v) is 3.72. The SMILES string of the molecule is CCOP(=O)(OCC)/C(=C/O[Si](C)(C)C)CCCCl. The fraction of sp³-hybridized carbons (Fsp3) is 0.833. The summed E-state index contributed by atoms with van der Waals surface area (Å²) in [6, 6.07) is 0. The number of allylic oxidation sites excluding steroid dienone is 1. The molecule has 0 saturated carbocycles. The molecule has 0 aromatic rings. The van der Waals surface area contributed by atoms with Crippen molar-refractivity contribution in [1.29, 1.82) is 0 Å². The van der Waals surface area contributed by atoms with E-state index in [0.29, 0.717) is 37.2 Å². The lowest BCUT2D eigenvalue weighted by atomic mass is 10.3. The predicted molar refractivity (Wildman–Crippen MR) is 83.3 cm³/mol. The van der Waals surface area contributed by atoms with Gasteiger partial charge in [0.15, 0.2) is 0 Å². The van der Waals surface area contributed by atoms with Crippen LogP contribution in [0.3, 0.4) is 0 Å². The summed E-state index contributed by atoms with van der Waals surface area (Å²) in [4.78, 5) is 0. The van der Waals surface area contributed by atoms with E-state index in [4.69, 9.17) is 25.1 Å². The van der Waals surface area contributed by atoms with Crippen LogP contribution in [0.4, 0.5) is 0 Å². The zero-order valence-corrected chi connectivity index (χ0v) is 15.2. The third kappa shape index (κ3) is 8.15. The van der Waals surface area contributed by atoms with Gasteiger partial charge in [-0.05, 0) is 46.3 Å². The van der Waals surface area contributed by atoms with E-state index < -0.39 is 15.9 Å². The normalized spacial score (nSPS) is 13.7. The van der Waals surface area contributed by atoms with Gasteiger partial charge in [-0.15, -0.1) is 11.6 Å². The van der Waals surface area contributed by atoms with Crippen LogP contribution in [-0.4, -0.2) is 27.4 Å². The van der Waals surface area contributed by atoms with Gasteiger partial charge in [0.1, 0.15) is 0 Å². The zero-order valence-electron chi connectivity index (χ0n) is 12.6. The van der Waals surface area contributed by atoms with Crippen LogP contribution in [0, 0.1) is 0 Å². The summed E-state index contributed by atoms with van der Waals surface area (Å²) in [6.07, 6.45) is 2.85. The van der Waals surface area contributed by atoms with Gasteiger partial charge >= 0.3 is 7.60 Å². The van der Waals surface area contributed by atoms with Crippen LogP contribution in [0.1, 0.15) is 26.7 Å². The molecule has 0 aliphatic heterocycles. The van der Waals surface area contributed by atoms with Gasteiger partial charge in [0.2, 0.25) is 8.32 Å². The van der Waals surface area contributed by atoms with Gasteiger partial charge in [0, 0.05) is 5.88 Å². The van der Waals surface area contributed by atoms with E-state index in [-0.39, 0.29) is 0 Å². The van der Waals surface area contributed by atoms with Crippen molar-refractivity contribution in [2.75, 3.05) is 19.1 Å². The van der Waals surface area contributed by atoms with Crippen LogP contribution < -0.4 is 0 Å². The van der Waals surface area contributed by atoms with E-state index in [0.717, 1.165) is 0 Å². The minimum Gasteiger partial charge on any atom is -0.549 e. The molecule has 114 valence electrons. The Balaban J connectivity index is 5.11. The molecule has 0 amide bonds. The molecule has 0 rings (SSSR count). The first-order valence-corrected chi connectivity index (χ1v) is 12.1. The van der Waals surface area contributed by atoms with Crippen LogP contribution >= 0.6 is 19.2 Å². The molecule has 0 N–H and O–H groups in total. The molecule has 0 heterocycles. The first-order valence-electron chi connectivity index (χ1n) is 6.61. The van der Waals surface area contributed by atoms with Crippen LogP contribution in [0.15, 0.2) is 11.6 Å². The Bertz CT molecular complexity index is 318. The smallest absolute Gasteiger partial charge is 0.360 e. The fourth-order valence-electron chi connectivity index (χ4n) is 1.30. The number of halogens is 1. The first-order chi connectivity index (χ1) is 8.79. The molecule has 0 aliphatic carbocycles. The summed E-state index contributed by atoms with van der Waals surface area (Å²) in [6.45, 7) is 10.5. The van der Waals surface area contributed by atoms with E-state index in [1.165, 1.54) is 0 Å². The lowest BCUT2D eigenvalue weighted by Gasteiger charge is -2.22. The Morgan fingerprint density at radius 3 is 2.11 bits per heavy atom. The molecule has 0 aliphatic rings. The molecule has 0 saturated heterocycles. The predicted octanol–water partition coefficient (Wildman–Crippen LogP) is 4.96. The maximum Gasteiger partial charge on any atom is 0.360 e. The molecule has 7 heteroatoms. The molecule has 0 fully saturated rings. The molecule has 0 aromatic heterocycles. The van der Waals surface area contributed by atoms with E-state index in [1.54, 1.807) is 20.1 Å². The Morgan fingerprint density at radius 1 is 1.21 bits per heavy atom. The topological polar surface area (TPSA) is 44.8 Å². The monoisotopic (exact) mass is 328 g/mol.